The van der Waals surface area contributed by atoms with Crippen LogP contribution in [0.2, 0.25) is 0 Å². The Morgan fingerprint density at radius 2 is 2.00 bits per heavy atom. The number of nitrogens with two attached hydrogens (primary N) is 1. The fourth-order valence-corrected chi connectivity index (χ4v) is 2.06. The maximum Gasteiger partial charge on any atom is 0.0531 e. The van der Waals surface area contributed by atoms with E-state index in [0.717, 1.165) is 19.7 Å². The number of methoxy groups -OCH3 is 1. The van der Waals surface area contributed by atoms with Gasteiger partial charge in [-0.15, -0.1) is 0 Å². The molecule has 0 saturated carbocycles. The Morgan fingerprint density at radius 3 is 2.38 bits per heavy atom. The average Bonchev–Trinajstić information content (AvgIpc) is 2.19. The highest BCUT2D eigenvalue weighted by atomic mass is 16.5. The fourth-order valence-electron chi connectivity index (χ4n) is 2.06. The first kappa shape index (κ1) is 11.0. The van der Waals surface area contributed by atoms with Crippen LogP contribution in [0.3, 0.4) is 0 Å². The van der Waals surface area contributed by atoms with Crippen LogP contribution < -0.4 is 5.73 Å². The van der Waals surface area contributed by atoms with Gasteiger partial charge in [0.1, 0.15) is 0 Å². The lowest BCUT2D eigenvalue weighted by atomic mass is 9.79. The second-order valence-electron chi connectivity index (χ2n) is 4.07. The van der Waals surface area contributed by atoms with E-state index in [4.69, 9.17) is 10.5 Å². The Labute approximate surface area is 81.2 Å². The van der Waals surface area contributed by atoms with E-state index >= 15 is 0 Å². The van der Waals surface area contributed by atoms with Gasteiger partial charge in [0, 0.05) is 19.1 Å². The molecule has 1 rings (SSSR count). The summed E-state index contributed by atoms with van der Waals surface area (Å²) in [5.74, 6) is 0. The number of hydrogen-bond acceptors (Lipinski definition) is 3. The molecule has 0 aromatic carbocycles. The number of hydrogen-bond donors (Lipinski definition) is 1. The van der Waals surface area contributed by atoms with Crippen LogP contribution >= 0.6 is 0 Å². The summed E-state index contributed by atoms with van der Waals surface area (Å²) in [7, 11) is 1.77. The maximum atomic E-state index is 5.81. The van der Waals surface area contributed by atoms with Crippen molar-refractivity contribution in [2.24, 2.45) is 11.1 Å². The number of likely N-dealkylation sites (tertiary alicyclic amines) is 1. The lowest BCUT2D eigenvalue weighted by molar-refractivity contribution is 0.0290. The van der Waals surface area contributed by atoms with Gasteiger partial charge >= 0.3 is 0 Å². The highest BCUT2D eigenvalue weighted by Gasteiger charge is 2.32. The molecule has 0 bridgehead atoms. The number of ether oxygens (including phenoxy) is 1. The van der Waals surface area contributed by atoms with Gasteiger partial charge in [0.05, 0.1) is 6.61 Å². The quantitative estimate of drug-likeness (QED) is 0.702. The van der Waals surface area contributed by atoms with Crippen LogP contribution in [0, 0.1) is 5.41 Å². The summed E-state index contributed by atoms with van der Waals surface area (Å²) < 4.78 is 5.25. The monoisotopic (exact) mass is 186 g/mol. The van der Waals surface area contributed by atoms with Gasteiger partial charge in [0.15, 0.2) is 0 Å². The molecule has 1 saturated heterocycles. The zero-order chi connectivity index (χ0) is 9.73. The van der Waals surface area contributed by atoms with Crippen molar-refractivity contribution in [2.45, 2.75) is 19.8 Å². The molecular formula is C10H22N2O. The van der Waals surface area contributed by atoms with Crippen LogP contribution in [-0.2, 0) is 4.74 Å². The molecule has 0 unspecified atom stereocenters. The maximum absolute atomic E-state index is 5.81. The molecule has 1 heterocycles. The molecule has 78 valence electrons. The van der Waals surface area contributed by atoms with Gasteiger partial charge in [-0.1, -0.05) is 6.92 Å². The topological polar surface area (TPSA) is 38.5 Å². The van der Waals surface area contributed by atoms with E-state index in [0.29, 0.717) is 0 Å². The summed E-state index contributed by atoms with van der Waals surface area (Å²) in [4.78, 5) is 2.48. The van der Waals surface area contributed by atoms with Crippen molar-refractivity contribution in [3.05, 3.63) is 0 Å². The van der Waals surface area contributed by atoms with Gasteiger partial charge in [-0.2, -0.15) is 0 Å². The average molecular weight is 186 g/mol. The van der Waals surface area contributed by atoms with Crippen LogP contribution in [0.5, 0.6) is 0 Å². The van der Waals surface area contributed by atoms with Crippen LogP contribution in [0.15, 0.2) is 0 Å². The molecule has 0 radical (unpaired) electrons. The number of nitrogens with zero attached hydrogens (tertiary/aromatic N) is 1. The Bertz CT molecular complexity index is 142. The molecule has 0 amide bonds. The third kappa shape index (κ3) is 2.66. The van der Waals surface area contributed by atoms with Gasteiger partial charge in [0.2, 0.25) is 0 Å². The minimum absolute atomic E-state index is 0.264. The second kappa shape index (κ2) is 4.94. The van der Waals surface area contributed by atoms with Crippen LogP contribution in [0.4, 0.5) is 0 Å². The van der Waals surface area contributed by atoms with E-state index in [1.165, 1.54) is 25.9 Å². The zero-order valence-corrected chi connectivity index (χ0v) is 8.88. The predicted octanol–water partition coefficient (Wildman–Crippen LogP) is 0.694. The summed E-state index contributed by atoms with van der Waals surface area (Å²) in [6.07, 6.45) is 2.37. The number of rotatable bonds is 4. The lowest BCUT2D eigenvalue weighted by Gasteiger charge is -2.40. The molecule has 1 aliphatic heterocycles. The zero-order valence-electron chi connectivity index (χ0n) is 8.88. The summed E-state index contributed by atoms with van der Waals surface area (Å²) in [5.41, 5.74) is 6.08. The van der Waals surface area contributed by atoms with E-state index in [-0.39, 0.29) is 5.41 Å². The molecule has 0 spiro atoms. The molecule has 0 atom stereocenters. The van der Waals surface area contributed by atoms with Crippen molar-refractivity contribution in [1.82, 2.24) is 4.90 Å². The smallest absolute Gasteiger partial charge is 0.0531 e. The normalized spacial score (nSPS) is 23.3. The van der Waals surface area contributed by atoms with Crippen molar-refractivity contribution >= 4 is 0 Å². The Hall–Kier alpha value is -0.120. The first-order valence-corrected chi connectivity index (χ1v) is 5.18. The van der Waals surface area contributed by atoms with E-state index < -0.39 is 0 Å². The Balaban J connectivity index is 2.42. The van der Waals surface area contributed by atoms with Crippen LogP contribution in [0.1, 0.15) is 19.8 Å². The van der Waals surface area contributed by atoms with Gasteiger partial charge in [-0.05, 0) is 32.5 Å². The molecular weight excluding hydrogens is 164 g/mol. The third-order valence-corrected chi connectivity index (χ3v) is 3.25. The van der Waals surface area contributed by atoms with Gasteiger partial charge in [-0.25, -0.2) is 0 Å². The molecule has 3 heteroatoms. The summed E-state index contributed by atoms with van der Waals surface area (Å²) in [5, 5.41) is 0. The third-order valence-electron chi connectivity index (χ3n) is 3.25. The van der Waals surface area contributed by atoms with Gasteiger partial charge in [0.25, 0.3) is 0 Å². The highest BCUT2D eigenvalue weighted by Crippen LogP contribution is 2.30. The summed E-state index contributed by atoms with van der Waals surface area (Å²) in [6, 6.07) is 0. The van der Waals surface area contributed by atoms with Crippen molar-refractivity contribution in [3.8, 4) is 0 Å². The second-order valence-corrected chi connectivity index (χ2v) is 4.07. The predicted molar refractivity (Wildman–Crippen MR) is 54.7 cm³/mol. The SMILES string of the molecule is CCN1CCC(CN)(COC)CC1. The highest BCUT2D eigenvalue weighted by molar-refractivity contribution is 4.86. The standard InChI is InChI=1S/C10H22N2O/c1-3-12-6-4-10(8-11,5-7-12)9-13-2/h3-9,11H2,1-2H3. The van der Waals surface area contributed by atoms with E-state index in [1.807, 2.05) is 0 Å². The summed E-state index contributed by atoms with van der Waals surface area (Å²) >= 11 is 0. The van der Waals surface area contributed by atoms with Crippen LogP contribution in [0.25, 0.3) is 0 Å². The van der Waals surface area contributed by atoms with Crippen molar-refractivity contribution in [1.29, 1.82) is 0 Å². The minimum Gasteiger partial charge on any atom is -0.384 e. The van der Waals surface area contributed by atoms with Gasteiger partial charge < -0.3 is 15.4 Å². The molecule has 0 aromatic heterocycles. The van der Waals surface area contributed by atoms with Crippen molar-refractivity contribution in [2.75, 3.05) is 39.9 Å². The number of piperidine rings is 1. The van der Waals surface area contributed by atoms with Crippen molar-refractivity contribution in [3.63, 3.8) is 0 Å². The largest absolute Gasteiger partial charge is 0.384 e. The Kier molecular flexibility index (Phi) is 4.16. The molecule has 2 N–H and O–H groups in total. The molecule has 1 aliphatic rings. The van der Waals surface area contributed by atoms with Crippen molar-refractivity contribution < 1.29 is 4.74 Å². The first-order chi connectivity index (χ1) is 6.26. The van der Waals surface area contributed by atoms with Gasteiger partial charge in [-0.3, -0.25) is 0 Å². The molecule has 0 aromatic rings. The van der Waals surface area contributed by atoms with E-state index in [2.05, 4.69) is 11.8 Å². The first-order valence-electron chi connectivity index (χ1n) is 5.18. The molecule has 3 nitrogen and oxygen atoms in total. The van der Waals surface area contributed by atoms with Crippen LogP contribution in [-0.4, -0.2) is 44.8 Å². The summed E-state index contributed by atoms with van der Waals surface area (Å²) in [6.45, 7) is 7.31. The fraction of sp³-hybridized carbons (Fsp3) is 1.00. The van der Waals surface area contributed by atoms with E-state index in [9.17, 15) is 0 Å². The van der Waals surface area contributed by atoms with E-state index in [1.54, 1.807) is 7.11 Å². The Morgan fingerprint density at radius 1 is 1.38 bits per heavy atom. The lowest BCUT2D eigenvalue weighted by Crippen LogP contribution is -2.46. The molecule has 0 aliphatic carbocycles. The minimum atomic E-state index is 0.264. The molecule has 13 heavy (non-hydrogen) atoms. The molecule has 1 fully saturated rings.